The van der Waals surface area contributed by atoms with E-state index in [4.69, 9.17) is 11.6 Å². The molecule has 36 heavy (non-hydrogen) atoms. The van der Waals surface area contributed by atoms with Gasteiger partial charge in [-0.05, 0) is 41.3 Å². The number of halogens is 1. The van der Waals surface area contributed by atoms with Gasteiger partial charge in [-0.25, -0.2) is 4.79 Å². The van der Waals surface area contributed by atoms with E-state index in [2.05, 4.69) is 58.7 Å². The number of benzene rings is 4. The lowest BCUT2D eigenvalue weighted by Crippen LogP contribution is -2.56. The summed E-state index contributed by atoms with van der Waals surface area (Å²) in [4.78, 5) is 17.7. The standard InChI is InChI=1S/C31H30ClN3O/c32-30-14-8-7-13-29(30)26-17-15-25(16-18-26)22-34-19-20-35(31(36)33-27-11-5-2-6-12-27)28(23-34)21-24-9-3-1-4-10-24/h1-18,28H,19-23H2,(H,33,36). The monoisotopic (exact) mass is 495 g/mol. The highest BCUT2D eigenvalue weighted by atomic mass is 35.5. The molecule has 182 valence electrons. The number of piperazine rings is 1. The number of nitrogens with zero attached hydrogens (tertiary/aromatic N) is 2. The molecule has 0 aliphatic carbocycles. The molecule has 1 aliphatic heterocycles. The largest absolute Gasteiger partial charge is 0.322 e. The molecule has 0 spiro atoms. The van der Waals surface area contributed by atoms with Gasteiger partial charge in [0.15, 0.2) is 0 Å². The first-order chi connectivity index (χ1) is 17.7. The molecule has 4 aromatic rings. The van der Waals surface area contributed by atoms with E-state index in [-0.39, 0.29) is 12.1 Å². The molecule has 1 saturated heterocycles. The zero-order chi connectivity index (χ0) is 24.7. The van der Waals surface area contributed by atoms with Crippen LogP contribution in [-0.2, 0) is 13.0 Å². The molecule has 4 nitrogen and oxygen atoms in total. The van der Waals surface area contributed by atoms with E-state index in [1.165, 1.54) is 11.1 Å². The highest BCUT2D eigenvalue weighted by Gasteiger charge is 2.30. The van der Waals surface area contributed by atoms with E-state index in [9.17, 15) is 4.79 Å². The molecule has 4 aromatic carbocycles. The summed E-state index contributed by atoms with van der Waals surface area (Å²) < 4.78 is 0. The van der Waals surface area contributed by atoms with Crippen LogP contribution in [0.25, 0.3) is 11.1 Å². The molecule has 0 bridgehead atoms. The van der Waals surface area contributed by atoms with Crippen molar-refractivity contribution in [2.24, 2.45) is 0 Å². The number of amides is 2. The molecular formula is C31H30ClN3O. The molecular weight excluding hydrogens is 466 g/mol. The minimum atomic E-state index is -0.0362. The van der Waals surface area contributed by atoms with Crippen molar-refractivity contribution in [3.05, 3.63) is 125 Å². The van der Waals surface area contributed by atoms with Crippen molar-refractivity contribution in [1.29, 1.82) is 0 Å². The summed E-state index contributed by atoms with van der Waals surface area (Å²) in [6.45, 7) is 3.19. The van der Waals surface area contributed by atoms with Crippen LogP contribution in [0.3, 0.4) is 0 Å². The summed E-state index contributed by atoms with van der Waals surface area (Å²) in [5, 5.41) is 3.84. The average Bonchev–Trinajstić information content (AvgIpc) is 2.91. The van der Waals surface area contributed by atoms with Gasteiger partial charge in [0.25, 0.3) is 0 Å². The van der Waals surface area contributed by atoms with Crippen molar-refractivity contribution in [3.63, 3.8) is 0 Å². The molecule has 1 aliphatic rings. The van der Waals surface area contributed by atoms with Gasteiger partial charge in [0.05, 0.1) is 6.04 Å². The third-order valence-corrected chi connectivity index (χ3v) is 7.04. The second kappa shape index (κ2) is 11.4. The van der Waals surface area contributed by atoms with E-state index in [1.807, 2.05) is 65.6 Å². The number of rotatable bonds is 6. The van der Waals surface area contributed by atoms with E-state index in [0.717, 1.165) is 47.9 Å². The van der Waals surface area contributed by atoms with E-state index in [0.29, 0.717) is 6.54 Å². The molecule has 1 unspecified atom stereocenters. The maximum absolute atomic E-state index is 13.2. The minimum Gasteiger partial charge on any atom is -0.319 e. The van der Waals surface area contributed by atoms with Crippen molar-refractivity contribution in [1.82, 2.24) is 9.80 Å². The predicted molar refractivity (Wildman–Crippen MR) is 148 cm³/mol. The van der Waals surface area contributed by atoms with Crippen LogP contribution in [0.1, 0.15) is 11.1 Å². The third kappa shape index (κ3) is 5.96. The lowest BCUT2D eigenvalue weighted by Gasteiger charge is -2.41. The Morgan fingerprint density at radius 1 is 0.778 bits per heavy atom. The predicted octanol–water partition coefficient (Wildman–Crippen LogP) is 6.97. The third-order valence-electron chi connectivity index (χ3n) is 6.71. The molecule has 1 N–H and O–H groups in total. The number of hydrogen-bond donors (Lipinski definition) is 1. The van der Waals surface area contributed by atoms with Crippen molar-refractivity contribution in [3.8, 4) is 11.1 Å². The molecule has 1 heterocycles. The van der Waals surface area contributed by atoms with Crippen LogP contribution in [0, 0.1) is 0 Å². The maximum Gasteiger partial charge on any atom is 0.322 e. The number of anilines is 1. The Balaban J connectivity index is 1.28. The molecule has 2 amide bonds. The van der Waals surface area contributed by atoms with Crippen molar-refractivity contribution >= 4 is 23.3 Å². The zero-order valence-corrected chi connectivity index (χ0v) is 20.9. The quantitative estimate of drug-likeness (QED) is 0.313. The van der Waals surface area contributed by atoms with Crippen LogP contribution in [0.4, 0.5) is 10.5 Å². The molecule has 5 heteroatoms. The normalized spacial score (nSPS) is 16.0. The average molecular weight is 496 g/mol. The first-order valence-electron chi connectivity index (χ1n) is 12.4. The van der Waals surface area contributed by atoms with Crippen LogP contribution < -0.4 is 5.32 Å². The summed E-state index contributed by atoms with van der Waals surface area (Å²) in [7, 11) is 0. The van der Waals surface area contributed by atoms with Crippen molar-refractivity contribution < 1.29 is 4.79 Å². The fourth-order valence-electron chi connectivity index (χ4n) is 4.85. The summed E-state index contributed by atoms with van der Waals surface area (Å²) in [5.74, 6) is 0. The molecule has 0 aromatic heterocycles. The molecule has 1 fully saturated rings. The zero-order valence-electron chi connectivity index (χ0n) is 20.2. The number of urea groups is 1. The highest BCUT2D eigenvalue weighted by molar-refractivity contribution is 6.33. The summed E-state index contributed by atoms with van der Waals surface area (Å²) in [6.07, 6.45) is 0.824. The van der Waals surface area contributed by atoms with Crippen LogP contribution in [0.15, 0.2) is 109 Å². The van der Waals surface area contributed by atoms with Crippen molar-refractivity contribution in [2.75, 3.05) is 25.0 Å². The topological polar surface area (TPSA) is 35.6 Å². The Morgan fingerprint density at radius 2 is 1.44 bits per heavy atom. The van der Waals surface area contributed by atoms with Gasteiger partial charge in [0, 0.05) is 42.5 Å². The summed E-state index contributed by atoms with van der Waals surface area (Å²) in [5.41, 5.74) is 5.49. The first-order valence-corrected chi connectivity index (χ1v) is 12.8. The number of para-hydroxylation sites is 1. The molecule has 0 saturated carbocycles. The van der Waals surface area contributed by atoms with Gasteiger partial charge in [-0.15, -0.1) is 0 Å². The van der Waals surface area contributed by atoms with Gasteiger partial charge < -0.3 is 10.2 Å². The van der Waals surface area contributed by atoms with Crippen LogP contribution in [0.2, 0.25) is 5.02 Å². The first kappa shape index (κ1) is 24.1. The molecule has 1 atom stereocenters. The smallest absolute Gasteiger partial charge is 0.319 e. The highest BCUT2D eigenvalue weighted by Crippen LogP contribution is 2.28. The number of hydrogen-bond acceptors (Lipinski definition) is 2. The Bertz CT molecular complexity index is 1280. The van der Waals surface area contributed by atoms with E-state index in [1.54, 1.807) is 0 Å². The lowest BCUT2D eigenvalue weighted by atomic mass is 10.0. The number of nitrogens with one attached hydrogen (secondary N) is 1. The van der Waals surface area contributed by atoms with Crippen LogP contribution in [0.5, 0.6) is 0 Å². The molecule has 0 radical (unpaired) electrons. The van der Waals surface area contributed by atoms with Crippen molar-refractivity contribution in [2.45, 2.75) is 19.0 Å². The van der Waals surface area contributed by atoms with Gasteiger partial charge in [-0.3, -0.25) is 4.90 Å². The van der Waals surface area contributed by atoms with Gasteiger partial charge in [0.1, 0.15) is 0 Å². The second-order valence-electron chi connectivity index (χ2n) is 9.25. The van der Waals surface area contributed by atoms with Crippen LogP contribution >= 0.6 is 11.6 Å². The van der Waals surface area contributed by atoms with Gasteiger partial charge >= 0.3 is 6.03 Å². The number of carbonyl (C=O) groups is 1. The minimum absolute atomic E-state index is 0.0362. The number of carbonyl (C=O) groups excluding carboxylic acids is 1. The van der Waals surface area contributed by atoms with Crippen LogP contribution in [-0.4, -0.2) is 41.5 Å². The SMILES string of the molecule is O=C(Nc1ccccc1)N1CCN(Cc2ccc(-c3ccccc3Cl)cc2)CC1Cc1ccccc1. The Morgan fingerprint density at radius 3 is 2.17 bits per heavy atom. The fourth-order valence-corrected chi connectivity index (χ4v) is 5.10. The van der Waals surface area contributed by atoms with E-state index < -0.39 is 0 Å². The summed E-state index contributed by atoms with van der Waals surface area (Å²) >= 11 is 6.38. The Labute approximate surface area is 218 Å². The summed E-state index contributed by atoms with van der Waals surface area (Å²) in [6, 6.07) is 36.7. The Kier molecular flexibility index (Phi) is 7.65. The van der Waals surface area contributed by atoms with E-state index >= 15 is 0 Å². The van der Waals surface area contributed by atoms with Gasteiger partial charge in [-0.1, -0.05) is 103 Å². The second-order valence-corrected chi connectivity index (χ2v) is 9.65. The maximum atomic E-state index is 13.2. The van der Waals surface area contributed by atoms with Gasteiger partial charge in [0.2, 0.25) is 0 Å². The fraction of sp³-hybridized carbons (Fsp3) is 0.194. The Hall–Kier alpha value is -3.60. The van der Waals surface area contributed by atoms with Gasteiger partial charge in [-0.2, -0.15) is 0 Å². The lowest BCUT2D eigenvalue weighted by molar-refractivity contribution is 0.0958. The molecule has 5 rings (SSSR count).